The van der Waals surface area contributed by atoms with E-state index in [1.54, 1.807) is 6.92 Å². The van der Waals surface area contributed by atoms with Crippen LogP contribution in [0, 0.1) is 11.8 Å². The minimum Gasteiger partial charge on any atom is -0.480 e. The largest absolute Gasteiger partial charge is 0.480 e. The lowest BCUT2D eigenvalue weighted by Crippen LogP contribution is -2.54. The molecule has 19 heavy (non-hydrogen) atoms. The van der Waals surface area contributed by atoms with E-state index in [4.69, 9.17) is 5.73 Å². The molecule has 5 heteroatoms. The molecule has 4 N–H and O–H groups in total. The van der Waals surface area contributed by atoms with Gasteiger partial charge in [0.2, 0.25) is 5.91 Å². The highest BCUT2D eigenvalue weighted by atomic mass is 16.4. The number of aliphatic carboxylic acids is 1. The van der Waals surface area contributed by atoms with Crippen LogP contribution in [0.3, 0.4) is 0 Å². The number of carbonyl (C=O) groups excluding carboxylic acids is 1. The van der Waals surface area contributed by atoms with Crippen LogP contribution in [0.25, 0.3) is 0 Å². The predicted octanol–water partition coefficient (Wildman–Crippen LogP) is 1.51. The van der Waals surface area contributed by atoms with Crippen LogP contribution in [-0.2, 0) is 9.59 Å². The van der Waals surface area contributed by atoms with Crippen molar-refractivity contribution in [3.05, 3.63) is 0 Å². The summed E-state index contributed by atoms with van der Waals surface area (Å²) in [4.78, 5) is 23.5. The summed E-state index contributed by atoms with van der Waals surface area (Å²) in [5.74, 6) is -0.615. The summed E-state index contributed by atoms with van der Waals surface area (Å²) in [7, 11) is 0. The molecule has 5 nitrogen and oxygen atoms in total. The molecular formula is C14H26N2O3. The number of hydrogen-bond acceptors (Lipinski definition) is 3. The number of nitrogens with one attached hydrogen (secondary N) is 1. The molecule has 1 rings (SSSR count). The zero-order valence-electron chi connectivity index (χ0n) is 11.9. The molecule has 0 heterocycles. The number of rotatable bonds is 6. The SMILES string of the molecule is CCCC(C)(NC(=O)C1CCC(CN)CC1)C(=O)O. The van der Waals surface area contributed by atoms with Gasteiger partial charge in [-0.05, 0) is 51.5 Å². The Balaban J connectivity index is 2.56. The van der Waals surface area contributed by atoms with E-state index in [1.165, 1.54) is 0 Å². The summed E-state index contributed by atoms with van der Waals surface area (Å²) in [6, 6.07) is 0. The molecule has 1 amide bonds. The molecule has 0 spiro atoms. The van der Waals surface area contributed by atoms with Crippen LogP contribution in [0.2, 0.25) is 0 Å². The zero-order valence-corrected chi connectivity index (χ0v) is 11.9. The number of nitrogens with two attached hydrogens (primary N) is 1. The van der Waals surface area contributed by atoms with Crippen LogP contribution in [-0.4, -0.2) is 29.1 Å². The van der Waals surface area contributed by atoms with E-state index in [2.05, 4.69) is 5.32 Å². The summed E-state index contributed by atoms with van der Waals surface area (Å²) in [6.07, 6.45) is 4.73. The quantitative estimate of drug-likeness (QED) is 0.682. The maximum absolute atomic E-state index is 12.2. The van der Waals surface area contributed by atoms with Gasteiger partial charge < -0.3 is 16.2 Å². The topological polar surface area (TPSA) is 92.4 Å². The molecule has 1 aliphatic rings. The van der Waals surface area contributed by atoms with E-state index in [1.807, 2.05) is 6.92 Å². The average Bonchev–Trinajstić information content (AvgIpc) is 2.38. The summed E-state index contributed by atoms with van der Waals surface area (Å²) in [5.41, 5.74) is 4.49. The maximum atomic E-state index is 12.2. The molecule has 1 fully saturated rings. The van der Waals surface area contributed by atoms with Gasteiger partial charge in [0, 0.05) is 5.92 Å². The van der Waals surface area contributed by atoms with Crippen molar-refractivity contribution in [2.24, 2.45) is 17.6 Å². The standard InChI is InChI=1S/C14H26N2O3/c1-3-8-14(2,13(18)19)16-12(17)11-6-4-10(9-15)5-7-11/h10-11H,3-9,15H2,1-2H3,(H,16,17)(H,18,19). The third kappa shape index (κ3) is 4.20. The molecule has 0 aliphatic heterocycles. The number of amides is 1. The first-order valence-electron chi connectivity index (χ1n) is 7.18. The predicted molar refractivity (Wildman–Crippen MR) is 73.6 cm³/mol. The van der Waals surface area contributed by atoms with Gasteiger partial charge in [-0.2, -0.15) is 0 Å². The van der Waals surface area contributed by atoms with Crippen molar-refractivity contribution in [1.29, 1.82) is 0 Å². The lowest BCUT2D eigenvalue weighted by Gasteiger charge is -2.31. The molecule has 1 saturated carbocycles. The van der Waals surface area contributed by atoms with Crippen molar-refractivity contribution < 1.29 is 14.7 Å². The number of carboxylic acid groups (broad SMARTS) is 1. The molecule has 1 aliphatic carbocycles. The van der Waals surface area contributed by atoms with Crippen molar-refractivity contribution in [2.75, 3.05) is 6.54 Å². The molecule has 0 saturated heterocycles. The van der Waals surface area contributed by atoms with Crippen molar-refractivity contribution in [2.45, 2.75) is 57.9 Å². The van der Waals surface area contributed by atoms with Crippen LogP contribution < -0.4 is 11.1 Å². The second-order valence-electron chi connectivity index (χ2n) is 5.83. The van der Waals surface area contributed by atoms with Crippen LogP contribution in [0.4, 0.5) is 0 Å². The van der Waals surface area contributed by atoms with Gasteiger partial charge in [-0.15, -0.1) is 0 Å². The third-order valence-corrected chi connectivity index (χ3v) is 4.17. The van der Waals surface area contributed by atoms with E-state index >= 15 is 0 Å². The Morgan fingerprint density at radius 1 is 1.32 bits per heavy atom. The van der Waals surface area contributed by atoms with Gasteiger partial charge in [-0.1, -0.05) is 13.3 Å². The first kappa shape index (κ1) is 16.0. The Hall–Kier alpha value is -1.10. The highest BCUT2D eigenvalue weighted by Crippen LogP contribution is 2.29. The second-order valence-corrected chi connectivity index (χ2v) is 5.83. The average molecular weight is 270 g/mol. The molecule has 1 unspecified atom stereocenters. The molecule has 0 bridgehead atoms. The van der Waals surface area contributed by atoms with Gasteiger partial charge in [-0.25, -0.2) is 4.79 Å². The van der Waals surface area contributed by atoms with E-state index in [-0.39, 0.29) is 11.8 Å². The lowest BCUT2D eigenvalue weighted by molar-refractivity contribution is -0.148. The Labute approximate surface area is 114 Å². The van der Waals surface area contributed by atoms with Gasteiger partial charge in [0.15, 0.2) is 0 Å². The van der Waals surface area contributed by atoms with Gasteiger partial charge in [0.1, 0.15) is 5.54 Å². The molecule has 1 atom stereocenters. The first-order valence-corrected chi connectivity index (χ1v) is 7.18. The molecular weight excluding hydrogens is 244 g/mol. The summed E-state index contributed by atoms with van der Waals surface area (Å²) in [5, 5.41) is 12.0. The fourth-order valence-corrected chi connectivity index (χ4v) is 2.76. The van der Waals surface area contributed by atoms with Crippen molar-refractivity contribution in [3.8, 4) is 0 Å². The Bertz CT molecular complexity index is 325. The van der Waals surface area contributed by atoms with Crippen molar-refractivity contribution in [1.82, 2.24) is 5.32 Å². The number of carbonyl (C=O) groups is 2. The monoisotopic (exact) mass is 270 g/mol. The van der Waals surface area contributed by atoms with E-state index in [0.29, 0.717) is 18.9 Å². The summed E-state index contributed by atoms with van der Waals surface area (Å²) < 4.78 is 0. The fourth-order valence-electron chi connectivity index (χ4n) is 2.76. The third-order valence-electron chi connectivity index (χ3n) is 4.17. The first-order chi connectivity index (χ1) is 8.92. The van der Waals surface area contributed by atoms with Crippen LogP contribution in [0.15, 0.2) is 0 Å². The second kappa shape index (κ2) is 6.89. The van der Waals surface area contributed by atoms with Crippen molar-refractivity contribution in [3.63, 3.8) is 0 Å². The van der Waals surface area contributed by atoms with Crippen molar-refractivity contribution >= 4 is 11.9 Å². The molecule has 0 aromatic heterocycles. The van der Waals surface area contributed by atoms with Crippen LogP contribution in [0.5, 0.6) is 0 Å². The molecule has 0 aromatic rings. The fraction of sp³-hybridized carbons (Fsp3) is 0.857. The van der Waals surface area contributed by atoms with Gasteiger partial charge in [-0.3, -0.25) is 4.79 Å². The van der Waals surface area contributed by atoms with E-state index < -0.39 is 11.5 Å². The Kier molecular flexibility index (Phi) is 5.79. The number of hydrogen-bond donors (Lipinski definition) is 3. The molecule has 110 valence electrons. The van der Waals surface area contributed by atoms with Crippen LogP contribution >= 0.6 is 0 Å². The molecule has 0 aromatic carbocycles. The van der Waals surface area contributed by atoms with Gasteiger partial charge >= 0.3 is 5.97 Å². The number of carboxylic acids is 1. The Morgan fingerprint density at radius 2 is 1.89 bits per heavy atom. The normalized spacial score (nSPS) is 26.5. The highest BCUT2D eigenvalue weighted by molar-refractivity contribution is 5.87. The Morgan fingerprint density at radius 3 is 2.32 bits per heavy atom. The maximum Gasteiger partial charge on any atom is 0.329 e. The summed E-state index contributed by atoms with van der Waals surface area (Å²) >= 11 is 0. The van der Waals surface area contributed by atoms with Crippen LogP contribution in [0.1, 0.15) is 52.4 Å². The van der Waals surface area contributed by atoms with E-state index in [9.17, 15) is 14.7 Å². The molecule has 0 radical (unpaired) electrons. The van der Waals surface area contributed by atoms with E-state index in [0.717, 1.165) is 32.1 Å². The zero-order chi connectivity index (χ0) is 14.5. The van der Waals surface area contributed by atoms with Gasteiger partial charge in [0.25, 0.3) is 0 Å². The minimum atomic E-state index is -1.14. The minimum absolute atomic E-state index is 0.0571. The summed E-state index contributed by atoms with van der Waals surface area (Å²) in [6.45, 7) is 4.18. The highest BCUT2D eigenvalue weighted by Gasteiger charge is 2.36. The van der Waals surface area contributed by atoms with Gasteiger partial charge in [0.05, 0.1) is 0 Å². The smallest absolute Gasteiger partial charge is 0.329 e. The lowest BCUT2D eigenvalue weighted by atomic mass is 9.81.